The second kappa shape index (κ2) is 8.00. The minimum atomic E-state index is -0.483. The van der Waals surface area contributed by atoms with Crippen LogP contribution in [0.25, 0.3) is 0 Å². The number of urea groups is 1. The molecule has 0 bridgehead atoms. The van der Waals surface area contributed by atoms with E-state index in [-0.39, 0.29) is 5.92 Å². The summed E-state index contributed by atoms with van der Waals surface area (Å²) in [4.78, 5) is 16.8. The van der Waals surface area contributed by atoms with Gasteiger partial charge in [0.05, 0.1) is 12.7 Å². The highest BCUT2D eigenvalue weighted by Gasteiger charge is 2.30. The molecule has 2 amide bonds. The Morgan fingerprint density at radius 2 is 1.90 bits per heavy atom. The van der Waals surface area contributed by atoms with Crippen LogP contribution in [-0.4, -0.2) is 23.8 Å². The van der Waals surface area contributed by atoms with Crippen molar-refractivity contribution in [3.63, 3.8) is 0 Å². The lowest BCUT2D eigenvalue weighted by Crippen LogP contribution is -2.46. The van der Waals surface area contributed by atoms with Gasteiger partial charge in [0.1, 0.15) is 0 Å². The Balaban J connectivity index is 2.28. The molecule has 0 aliphatic rings. The SMILES string of the molecule is CC(C)C(O)C(C)(C)CNC(=O)NOCc1ccccc1. The third-order valence-electron chi connectivity index (χ3n) is 3.38. The highest BCUT2D eigenvalue weighted by Crippen LogP contribution is 2.24. The molecule has 5 nitrogen and oxygen atoms in total. The van der Waals surface area contributed by atoms with Gasteiger partial charge in [-0.1, -0.05) is 58.0 Å². The van der Waals surface area contributed by atoms with Crippen molar-refractivity contribution in [1.82, 2.24) is 10.8 Å². The molecule has 0 saturated carbocycles. The van der Waals surface area contributed by atoms with Crippen molar-refractivity contribution in [2.45, 2.75) is 40.4 Å². The van der Waals surface area contributed by atoms with Crippen LogP contribution < -0.4 is 10.8 Å². The van der Waals surface area contributed by atoms with Crippen molar-refractivity contribution >= 4 is 6.03 Å². The van der Waals surface area contributed by atoms with Gasteiger partial charge < -0.3 is 10.4 Å². The lowest BCUT2D eigenvalue weighted by molar-refractivity contribution is 0.0119. The molecule has 21 heavy (non-hydrogen) atoms. The molecular formula is C16H26N2O3. The Bertz CT molecular complexity index is 432. The fraction of sp³-hybridized carbons (Fsp3) is 0.562. The van der Waals surface area contributed by atoms with Crippen LogP contribution in [0.1, 0.15) is 33.3 Å². The first-order valence-corrected chi connectivity index (χ1v) is 7.20. The van der Waals surface area contributed by atoms with Crippen molar-refractivity contribution in [1.29, 1.82) is 0 Å². The summed E-state index contributed by atoms with van der Waals surface area (Å²) in [6.07, 6.45) is -0.483. The number of carbonyl (C=O) groups excluding carboxylic acids is 1. The number of amides is 2. The number of aliphatic hydroxyl groups excluding tert-OH is 1. The van der Waals surface area contributed by atoms with E-state index in [0.29, 0.717) is 13.2 Å². The number of hydrogen-bond acceptors (Lipinski definition) is 3. The van der Waals surface area contributed by atoms with Gasteiger partial charge in [-0.25, -0.2) is 10.3 Å². The van der Waals surface area contributed by atoms with Crippen molar-refractivity contribution in [2.24, 2.45) is 11.3 Å². The predicted octanol–water partition coefficient (Wildman–Crippen LogP) is 2.46. The van der Waals surface area contributed by atoms with Crippen molar-refractivity contribution < 1.29 is 14.7 Å². The minimum Gasteiger partial charge on any atom is -0.392 e. The van der Waals surface area contributed by atoms with Gasteiger partial charge in [0.25, 0.3) is 0 Å². The number of carbonyl (C=O) groups is 1. The monoisotopic (exact) mass is 294 g/mol. The second-order valence-corrected chi connectivity index (χ2v) is 6.24. The zero-order valence-electron chi connectivity index (χ0n) is 13.2. The summed E-state index contributed by atoms with van der Waals surface area (Å²) >= 11 is 0. The number of rotatable bonds is 7. The molecule has 0 fully saturated rings. The lowest BCUT2D eigenvalue weighted by Gasteiger charge is -2.33. The third-order valence-corrected chi connectivity index (χ3v) is 3.38. The normalized spacial score (nSPS) is 13.0. The highest BCUT2D eigenvalue weighted by atomic mass is 16.7. The van der Waals surface area contributed by atoms with Crippen molar-refractivity contribution in [3.8, 4) is 0 Å². The maximum absolute atomic E-state index is 11.6. The second-order valence-electron chi connectivity index (χ2n) is 6.24. The number of benzene rings is 1. The predicted molar refractivity (Wildman–Crippen MR) is 82.4 cm³/mol. The Morgan fingerprint density at radius 3 is 2.48 bits per heavy atom. The van der Waals surface area contributed by atoms with Crippen LogP contribution >= 0.6 is 0 Å². The Morgan fingerprint density at radius 1 is 1.29 bits per heavy atom. The van der Waals surface area contributed by atoms with E-state index in [2.05, 4.69) is 10.8 Å². The van der Waals surface area contributed by atoms with Crippen LogP contribution in [0.15, 0.2) is 30.3 Å². The fourth-order valence-corrected chi connectivity index (χ4v) is 2.11. The highest BCUT2D eigenvalue weighted by molar-refractivity contribution is 5.72. The third kappa shape index (κ3) is 6.14. The van der Waals surface area contributed by atoms with E-state index in [1.165, 1.54) is 0 Å². The topological polar surface area (TPSA) is 70.6 Å². The number of nitrogens with one attached hydrogen (secondary N) is 2. The van der Waals surface area contributed by atoms with Crippen molar-refractivity contribution in [3.05, 3.63) is 35.9 Å². The zero-order valence-corrected chi connectivity index (χ0v) is 13.2. The average Bonchev–Trinajstić information content (AvgIpc) is 2.45. The van der Waals surface area contributed by atoms with E-state index >= 15 is 0 Å². The Labute approximate surface area is 126 Å². The number of aliphatic hydroxyl groups is 1. The zero-order chi connectivity index (χ0) is 15.9. The van der Waals surface area contributed by atoms with Gasteiger partial charge in [-0.15, -0.1) is 0 Å². The lowest BCUT2D eigenvalue weighted by atomic mass is 9.81. The molecule has 1 aromatic carbocycles. The summed E-state index contributed by atoms with van der Waals surface area (Å²) in [5.41, 5.74) is 2.92. The fourth-order valence-electron chi connectivity index (χ4n) is 2.11. The van der Waals surface area contributed by atoms with E-state index in [1.807, 2.05) is 58.0 Å². The minimum absolute atomic E-state index is 0.138. The van der Waals surface area contributed by atoms with Gasteiger partial charge in [0, 0.05) is 12.0 Å². The molecule has 3 N–H and O–H groups in total. The van der Waals surface area contributed by atoms with E-state index in [0.717, 1.165) is 5.56 Å². The largest absolute Gasteiger partial charge is 0.392 e. The molecule has 0 heterocycles. The molecule has 0 spiro atoms. The summed E-state index contributed by atoms with van der Waals surface area (Å²) in [7, 11) is 0. The van der Waals surface area contributed by atoms with E-state index in [1.54, 1.807) is 0 Å². The molecule has 0 saturated heterocycles. The van der Waals surface area contributed by atoms with Crippen LogP contribution in [0.3, 0.4) is 0 Å². The molecular weight excluding hydrogens is 268 g/mol. The van der Waals surface area contributed by atoms with Crippen LogP contribution in [0.2, 0.25) is 0 Å². The summed E-state index contributed by atoms with van der Waals surface area (Å²) < 4.78 is 0. The summed E-state index contributed by atoms with van der Waals surface area (Å²) in [6, 6.07) is 9.17. The molecule has 1 unspecified atom stereocenters. The molecule has 0 aliphatic carbocycles. The Hall–Kier alpha value is -1.59. The first-order valence-electron chi connectivity index (χ1n) is 7.20. The molecule has 0 radical (unpaired) electrons. The average molecular weight is 294 g/mol. The quantitative estimate of drug-likeness (QED) is 0.677. The van der Waals surface area contributed by atoms with Crippen molar-refractivity contribution in [2.75, 3.05) is 6.54 Å². The number of hydroxylamine groups is 1. The summed E-state index contributed by atoms with van der Waals surface area (Å²) in [5, 5.41) is 12.8. The molecule has 1 rings (SSSR count). The van der Waals surface area contributed by atoms with Crippen LogP contribution in [0.4, 0.5) is 4.79 Å². The molecule has 0 aromatic heterocycles. The molecule has 1 aromatic rings. The van der Waals surface area contributed by atoms with Gasteiger partial charge in [0.2, 0.25) is 0 Å². The molecule has 5 heteroatoms. The first-order chi connectivity index (χ1) is 9.83. The van der Waals surface area contributed by atoms with Gasteiger partial charge >= 0.3 is 6.03 Å². The summed E-state index contributed by atoms with van der Waals surface area (Å²) in [5.74, 6) is 0.138. The van der Waals surface area contributed by atoms with E-state index < -0.39 is 17.6 Å². The smallest absolute Gasteiger partial charge is 0.338 e. The standard InChI is InChI=1S/C16H26N2O3/c1-12(2)14(19)16(3,4)11-17-15(20)18-21-10-13-8-6-5-7-9-13/h5-9,12,14,19H,10-11H2,1-4H3,(H2,17,18,20). The Kier molecular flexibility index (Phi) is 6.65. The van der Waals surface area contributed by atoms with E-state index in [9.17, 15) is 9.90 Å². The van der Waals surface area contributed by atoms with E-state index in [4.69, 9.17) is 4.84 Å². The van der Waals surface area contributed by atoms with Gasteiger partial charge in [-0.3, -0.25) is 4.84 Å². The first kappa shape index (κ1) is 17.5. The van der Waals surface area contributed by atoms with Crippen LogP contribution in [0.5, 0.6) is 0 Å². The van der Waals surface area contributed by atoms with Gasteiger partial charge in [-0.2, -0.15) is 0 Å². The summed E-state index contributed by atoms with van der Waals surface area (Å²) in [6.45, 7) is 8.43. The van der Waals surface area contributed by atoms with Crippen LogP contribution in [-0.2, 0) is 11.4 Å². The van der Waals surface area contributed by atoms with Crippen LogP contribution in [0, 0.1) is 11.3 Å². The molecule has 1 atom stereocenters. The maximum Gasteiger partial charge on any atom is 0.338 e. The van der Waals surface area contributed by atoms with Gasteiger partial charge in [0.15, 0.2) is 0 Å². The molecule has 0 aliphatic heterocycles. The maximum atomic E-state index is 11.6. The molecule has 118 valence electrons. The number of hydrogen-bond donors (Lipinski definition) is 3. The van der Waals surface area contributed by atoms with Gasteiger partial charge in [-0.05, 0) is 11.5 Å².